The molecular formula is C11H16N4O2. The highest BCUT2D eigenvalue weighted by Crippen LogP contribution is 2.02. The topological polar surface area (TPSA) is 60.6 Å². The Morgan fingerprint density at radius 3 is 3.24 bits per heavy atom. The van der Waals surface area contributed by atoms with Gasteiger partial charge in [0.2, 0.25) is 5.91 Å². The molecule has 0 aliphatic rings. The van der Waals surface area contributed by atoms with Crippen molar-refractivity contribution in [3.63, 3.8) is 0 Å². The van der Waals surface area contributed by atoms with Gasteiger partial charge in [0.15, 0.2) is 0 Å². The van der Waals surface area contributed by atoms with Crippen LogP contribution in [-0.2, 0) is 16.1 Å². The average Bonchev–Trinajstić information content (AvgIpc) is 2.90. The normalized spacial score (nSPS) is 10.9. The number of ether oxygens (including phenoxy) is 1. The number of amides is 1. The lowest BCUT2D eigenvalue weighted by atomic mass is 10.5. The van der Waals surface area contributed by atoms with E-state index in [1.807, 2.05) is 30.0 Å². The van der Waals surface area contributed by atoms with E-state index in [0.717, 1.165) is 12.2 Å². The van der Waals surface area contributed by atoms with Crippen LogP contribution in [0.5, 0.6) is 0 Å². The molecule has 0 aromatic carbocycles. The van der Waals surface area contributed by atoms with Crippen molar-refractivity contribution < 1.29 is 9.53 Å². The zero-order valence-electron chi connectivity index (χ0n) is 9.80. The van der Waals surface area contributed by atoms with Gasteiger partial charge in [0.25, 0.3) is 0 Å². The van der Waals surface area contributed by atoms with Crippen LogP contribution >= 0.6 is 0 Å². The molecule has 0 bridgehead atoms. The summed E-state index contributed by atoms with van der Waals surface area (Å²) in [6, 6.07) is 1.93. The van der Waals surface area contributed by atoms with E-state index >= 15 is 0 Å². The van der Waals surface area contributed by atoms with Crippen molar-refractivity contribution in [2.45, 2.75) is 13.5 Å². The lowest BCUT2D eigenvalue weighted by Gasteiger charge is -2.06. The Morgan fingerprint density at radius 2 is 2.41 bits per heavy atom. The number of carbonyl (C=O) groups excluding carboxylic acids is 1. The zero-order chi connectivity index (χ0) is 12.1. The first-order valence-electron chi connectivity index (χ1n) is 5.64. The molecule has 2 rings (SSSR count). The Bertz CT molecular complexity index is 488. The number of nitrogens with one attached hydrogen (secondary N) is 1. The van der Waals surface area contributed by atoms with Crippen LogP contribution in [0.15, 0.2) is 24.7 Å². The Kier molecular flexibility index (Phi) is 3.77. The van der Waals surface area contributed by atoms with E-state index < -0.39 is 0 Å². The first-order valence-corrected chi connectivity index (χ1v) is 5.64. The SMILES string of the molecule is CCOCC(=O)NCCn1ccn2nccc12. The molecule has 0 saturated heterocycles. The van der Waals surface area contributed by atoms with Crippen molar-refractivity contribution in [2.75, 3.05) is 19.8 Å². The van der Waals surface area contributed by atoms with Gasteiger partial charge in [-0.05, 0) is 6.92 Å². The molecule has 1 amide bonds. The third kappa shape index (κ3) is 2.85. The standard InChI is InChI=1S/C11H16N4O2/c1-2-17-9-10(16)12-5-6-14-7-8-15-11(14)3-4-13-15/h3-4,7-8H,2,5-6,9H2,1H3,(H,12,16). The summed E-state index contributed by atoms with van der Waals surface area (Å²) in [5, 5.41) is 6.91. The fourth-order valence-corrected chi connectivity index (χ4v) is 1.62. The Hall–Kier alpha value is -1.82. The molecule has 17 heavy (non-hydrogen) atoms. The molecule has 0 saturated carbocycles. The van der Waals surface area contributed by atoms with Crippen LogP contribution in [0, 0.1) is 0 Å². The van der Waals surface area contributed by atoms with Crippen LogP contribution in [0.1, 0.15) is 6.92 Å². The molecule has 0 fully saturated rings. The molecule has 0 radical (unpaired) electrons. The smallest absolute Gasteiger partial charge is 0.246 e. The van der Waals surface area contributed by atoms with Gasteiger partial charge in [-0.2, -0.15) is 5.10 Å². The van der Waals surface area contributed by atoms with Gasteiger partial charge in [0.05, 0.1) is 6.20 Å². The second-order valence-corrected chi connectivity index (χ2v) is 3.61. The first kappa shape index (κ1) is 11.7. The number of hydrogen-bond acceptors (Lipinski definition) is 3. The predicted molar refractivity (Wildman–Crippen MR) is 62.7 cm³/mol. The maximum atomic E-state index is 11.3. The fourth-order valence-electron chi connectivity index (χ4n) is 1.62. The Morgan fingerprint density at radius 1 is 1.53 bits per heavy atom. The van der Waals surface area contributed by atoms with Crippen molar-refractivity contribution in [1.82, 2.24) is 19.5 Å². The third-order valence-electron chi connectivity index (χ3n) is 2.44. The van der Waals surface area contributed by atoms with E-state index in [1.54, 1.807) is 10.7 Å². The number of rotatable bonds is 6. The maximum Gasteiger partial charge on any atom is 0.246 e. The highest BCUT2D eigenvalue weighted by Gasteiger charge is 2.02. The number of fused-ring (bicyclic) bond motifs is 1. The molecule has 6 heteroatoms. The summed E-state index contributed by atoms with van der Waals surface area (Å²) in [6.45, 7) is 3.86. The van der Waals surface area contributed by atoms with Gasteiger partial charge in [-0.1, -0.05) is 0 Å². The van der Waals surface area contributed by atoms with E-state index in [1.165, 1.54) is 0 Å². The summed E-state index contributed by atoms with van der Waals surface area (Å²) in [4.78, 5) is 11.3. The summed E-state index contributed by atoms with van der Waals surface area (Å²) in [6.07, 6.45) is 5.58. The molecule has 0 atom stereocenters. The summed E-state index contributed by atoms with van der Waals surface area (Å²) in [7, 11) is 0. The number of nitrogens with zero attached hydrogens (tertiary/aromatic N) is 3. The number of carbonyl (C=O) groups is 1. The molecule has 0 aliphatic heterocycles. The Labute approximate surface area is 99.2 Å². The summed E-state index contributed by atoms with van der Waals surface area (Å²) in [5.74, 6) is -0.0801. The van der Waals surface area contributed by atoms with Gasteiger partial charge in [0, 0.05) is 38.2 Å². The maximum absolute atomic E-state index is 11.3. The molecule has 6 nitrogen and oxygen atoms in total. The first-order chi connectivity index (χ1) is 8.31. The molecule has 2 aromatic heterocycles. The van der Waals surface area contributed by atoms with E-state index in [4.69, 9.17) is 4.74 Å². The van der Waals surface area contributed by atoms with Gasteiger partial charge in [-0.15, -0.1) is 0 Å². The molecular weight excluding hydrogens is 220 g/mol. The molecule has 2 heterocycles. The second-order valence-electron chi connectivity index (χ2n) is 3.61. The largest absolute Gasteiger partial charge is 0.372 e. The van der Waals surface area contributed by atoms with Crippen molar-refractivity contribution in [1.29, 1.82) is 0 Å². The van der Waals surface area contributed by atoms with Crippen molar-refractivity contribution >= 4 is 11.6 Å². The number of imidazole rings is 1. The van der Waals surface area contributed by atoms with Crippen LogP contribution in [0.4, 0.5) is 0 Å². The third-order valence-corrected chi connectivity index (χ3v) is 2.44. The van der Waals surface area contributed by atoms with Crippen LogP contribution in [0.2, 0.25) is 0 Å². The van der Waals surface area contributed by atoms with E-state index in [-0.39, 0.29) is 12.5 Å². The molecule has 2 aromatic rings. The summed E-state index contributed by atoms with van der Waals surface area (Å²) >= 11 is 0. The molecule has 1 N–H and O–H groups in total. The lowest BCUT2D eigenvalue weighted by molar-refractivity contribution is -0.125. The van der Waals surface area contributed by atoms with Crippen molar-refractivity contribution in [3.05, 3.63) is 24.7 Å². The molecule has 0 aliphatic carbocycles. The monoisotopic (exact) mass is 236 g/mol. The Balaban J connectivity index is 1.79. The van der Waals surface area contributed by atoms with Crippen molar-refractivity contribution in [2.24, 2.45) is 0 Å². The van der Waals surface area contributed by atoms with Crippen LogP contribution in [0.3, 0.4) is 0 Å². The minimum absolute atomic E-state index is 0.0801. The molecule has 0 spiro atoms. The van der Waals surface area contributed by atoms with E-state index in [0.29, 0.717) is 13.2 Å². The van der Waals surface area contributed by atoms with Gasteiger partial charge >= 0.3 is 0 Å². The van der Waals surface area contributed by atoms with Gasteiger partial charge in [0.1, 0.15) is 12.3 Å². The van der Waals surface area contributed by atoms with Crippen LogP contribution in [0.25, 0.3) is 5.65 Å². The van der Waals surface area contributed by atoms with Gasteiger partial charge in [-0.3, -0.25) is 4.79 Å². The predicted octanol–water partition coefficient (Wildman–Crippen LogP) is 0.288. The van der Waals surface area contributed by atoms with E-state index in [2.05, 4.69) is 10.4 Å². The zero-order valence-corrected chi connectivity index (χ0v) is 9.80. The number of aromatic nitrogens is 3. The van der Waals surface area contributed by atoms with Crippen LogP contribution in [-0.4, -0.2) is 39.8 Å². The minimum atomic E-state index is -0.0801. The number of hydrogen-bond donors (Lipinski definition) is 1. The highest BCUT2D eigenvalue weighted by molar-refractivity contribution is 5.77. The fraction of sp³-hybridized carbons (Fsp3) is 0.455. The minimum Gasteiger partial charge on any atom is -0.372 e. The average molecular weight is 236 g/mol. The molecule has 92 valence electrons. The molecule has 0 unspecified atom stereocenters. The van der Waals surface area contributed by atoms with Gasteiger partial charge in [-0.25, -0.2) is 4.52 Å². The van der Waals surface area contributed by atoms with Crippen molar-refractivity contribution in [3.8, 4) is 0 Å². The van der Waals surface area contributed by atoms with Gasteiger partial charge < -0.3 is 14.6 Å². The second kappa shape index (κ2) is 5.49. The quantitative estimate of drug-likeness (QED) is 0.784. The van der Waals surface area contributed by atoms with Crippen LogP contribution < -0.4 is 5.32 Å². The summed E-state index contributed by atoms with van der Waals surface area (Å²) in [5.41, 5.74) is 1.02. The van der Waals surface area contributed by atoms with E-state index in [9.17, 15) is 4.79 Å². The highest BCUT2D eigenvalue weighted by atomic mass is 16.5. The lowest BCUT2D eigenvalue weighted by Crippen LogP contribution is -2.30. The summed E-state index contributed by atoms with van der Waals surface area (Å²) < 4.78 is 8.84.